The molecule has 5 nitrogen and oxygen atoms in total. The summed E-state index contributed by atoms with van der Waals surface area (Å²) in [5.41, 5.74) is 0.347. The molecule has 1 aromatic heterocycles. The van der Waals surface area contributed by atoms with Gasteiger partial charge in [-0.15, -0.1) is 0 Å². The Morgan fingerprint density at radius 2 is 2.22 bits per heavy atom. The summed E-state index contributed by atoms with van der Waals surface area (Å²) in [6.45, 7) is 3.63. The first-order chi connectivity index (χ1) is 8.63. The number of hydrogen-bond acceptors (Lipinski definition) is 3. The zero-order valence-corrected chi connectivity index (χ0v) is 10.8. The SMILES string of the molecule is COCCn1cccc(N2C[C@@H](C)CC2=O)c1=O. The second-order valence-electron chi connectivity index (χ2n) is 4.70. The molecule has 0 spiro atoms. The standard InChI is InChI=1S/C13H18N2O3/c1-10-8-12(16)15(9-10)11-4-3-5-14(13(11)17)6-7-18-2/h3-5,10H,6-9H2,1-2H3/t10-/m0/s1. The highest BCUT2D eigenvalue weighted by Gasteiger charge is 2.29. The van der Waals surface area contributed by atoms with Crippen LogP contribution in [0.1, 0.15) is 13.3 Å². The molecule has 1 atom stereocenters. The summed E-state index contributed by atoms with van der Waals surface area (Å²) in [5, 5.41) is 0. The van der Waals surface area contributed by atoms with Crippen molar-refractivity contribution < 1.29 is 9.53 Å². The quantitative estimate of drug-likeness (QED) is 0.796. The molecular formula is C13H18N2O3. The van der Waals surface area contributed by atoms with Crippen LogP contribution in [0.5, 0.6) is 0 Å². The number of aromatic nitrogens is 1. The molecule has 2 heterocycles. The van der Waals surface area contributed by atoms with Crippen LogP contribution in [0.25, 0.3) is 0 Å². The van der Waals surface area contributed by atoms with Crippen LogP contribution in [0.3, 0.4) is 0 Å². The Hall–Kier alpha value is -1.62. The van der Waals surface area contributed by atoms with Gasteiger partial charge in [0.2, 0.25) is 5.91 Å². The molecule has 1 aliphatic rings. The Kier molecular flexibility index (Phi) is 3.81. The Bertz CT molecular complexity index is 495. The van der Waals surface area contributed by atoms with E-state index >= 15 is 0 Å². The van der Waals surface area contributed by atoms with Gasteiger partial charge in [-0.25, -0.2) is 0 Å². The van der Waals surface area contributed by atoms with Gasteiger partial charge in [-0.05, 0) is 18.1 Å². The van der Waals surface area contributed by atoms with Gasteiger partial charge in [0, 0.05) is 32.8 Å². The molecule has 1 amide bonds. The molecule has 0 radical (unpaired) electrons. The second-order valence-corrected chi connectivity index (χ2v) is 4.70. The molecule has 0 aliphatic carbocycles. The predicted octanol–water partition coefficient (Wildman–Crippen LogP) is 0.868. The number of hydrogen-bond donors (Lipinski definition) is 0. The van der Waals surface area contributed by atoms with E-state index in [1.165, 1.54) is 0 Å². The summed E-state index contributed by atoms with van der Waals surface area (Å²) >= 11 is 0. The summed E-state index contributed by atoms with van der Waals surface area (Å²) < 4.78 is 6.54. The van der Waals surface area contributed by atoms with Crippen molar-refractivity contribution in [1.29, 1.82) is 0 Å². The molecule has 1 saturated heterocycles. The third-order valence-corrected chi connectivity index (χ3v) is 3.15. The van der Waals surface area contributed by atoms with E-state index in [-0.39, 0.29) is 11.5 Å². The lowest BCUT2D eigenvalue weighted by Gasteiger charge is -2.16. The first kappa shape index (κ1) is 12.8. The molecule has 1 fully saturated rings. The molecule has 0 aromatic carbocycles. The molecule has 0 N–H and O–H groups in total. The highest BCUT2D eigenvalue weighted by molar-refractivity contribution is 5.95. The van der Waals surface area contributed by atoms with Gasteiger partial charge in [0.15, 0.2) is 0 Å². The topological polar surface area (TPSA) is 51.5 Å². The van der Waals surface area contributed by atoms with Crippen LogP contribution >= 0.6 is 0 Å². The van der Waals surface area contributed by atoms with Gasteiger partial charge in [-0.1, -0.05) is 6.92 Å². The number of ether oxygens (including phenoxy) is 1. The van der Waals surface area contributed by atoms with Crippen LogP contribution in [0.2, 0.25) is 0 Å². The fourth-order valence-corrected chi connectivity index (χ4v) is 2.21. The summed E-state index contributed by atoms with van der Waals surface area (Å²) in [6.07, 6.45) is 2.24. The molecule has 0 bridgehead atoms. The van der Waals surface area contributed by atoms with E-state index in [0.29, 0.717) is 37.7 Å². The van der Waals surface area contributed by atoms with Crippen LogP contribution in [0.15, 0.2) is 23.1 Å². The van der Waals surface area contributed by atoms with Gasteiger partial charge in [0.1, 0.15) is 5.69 Å². The zero-order chi connectivity index (χ0) is 13.1. The highest BCUT2D eigenvalue weighted by atomic mass is 16.5. The van der Waals surface area contributed by atoms with Crippen molar-refractivity contribution in [3.63, 3.8) is 0 Å². The van der Waals surface area contributed by atoms with Gasteiger partial charge < -0.3 is 14.2 Å². The summed E-state index contributed by atoms with van der Waals surface area (Å²) in [5.74, 6) is 0.341. The molecule has 1 aliphatic heterocycles. The van der Waals surface area contributed by atoms with Gasteiger partial charge >= 0.3 is 0 Å². The van der Waals surface area contributed by atoms with Crippen molar-refractivity contribution in [2.24, 2.45) is 5.92 Å². The number of carbonyl (C=O) groups excluding carboxylic acids is 1. The maximum atomic E-state index is 12.2. The predicted molar refractivity (Wildman–Crippen MR) is 68.7 cm³/mol. The van der Waals surface area contributed by atoms with E-state index in [0.717, 1.165) is 0 Å². The van der Waals surface area contributed by atoms with Crippen molar-refractivity contribution in [2.75, 3.05) is 25.2 Å². The van der Waals surface area contributed by atoms with Gasteiger partial charge in [-0.2, -0.15) is 0 Å². The number of anilines is 1. The van der Waals surface area contributed by atoms with Gasteiger partial charge in [0.25, 0.3) is 5.56 Å². The Labute approximate surface area is 106 Å². The van der Waals surface area contributed by atoms with Crippen molar-refractivity contribution in [2.45, 2.75) is 19.9 Å². The lowest BCUT2D eigenvalue weighted by atomic mass is 10.2. The molecular weight excluding hydrogens is 232 g/mol. The van der Waals surface area contributed by atoms with Crippen molar-refractivity contribution in [3.05, 3.63) is 28.7 Å². The zero-order valence-electron chi connectivity index (χ0n) is 10.8. The van der Waals surface area contributed by atoms with E-state index in [4.69, 9.17) is 4.74 Å². The highest BCUT2D eigenvalue weighted by Crippen LogP contribution is 2.21. The Morgan fingerprint density at radius 1 is 1.44 bits per heavy atom. The molecule has 0 saturated carbocycles. The van der Waals surface area contributed by atoms with Crippen LogP contribution in [-0.2, 0) is 16.1 Å². The van der Waals surface area contributed by atoms with Gasteiger partial charge in [0.05, 0.1) is 6.61 Å². The lowest BCUT2D eigenvalue weighted by Crippen LogP contribution is -2.33. The van der Waals surface area contributed by atoms with Crippen LogP contribution in [0.4, 0.5) is 5.69 Å². The van der Waals surface area contributed by atoms with E-state index in [9.17, 15) is 9.59 Å². The minimum absolute atomic E-state index is 0.0316. The third kappa shape index (κ3) is 2.46. The maximum absolute atomic E-state index is 12.2. The molecule has 1 aromatic rings. The molecule has 0 unspecified atom stereocenters. The molecule has 2 rings (SSSR count). The molecule has 18 heavy (non-hydrogen) atoms. The largest absolute Gasteiger partial charge is 0.383 e. The average Bonchev–Trinajstić information content (AvgIpc) is 2.67. The second kappa shape index (κ2) is 5.35. The summed E-state index contributed by atoms with van der Waals surface area (Å²) in [6, 6.07) is 3.50. The van der Waals surface area contributed by atoms with E-state index in [1.807, 2.05) is 6.92 Å². The third-order valence-electron chi connectivity index (χ3n) is 3.15. The van der Waals surface area contributed by atoms with E-state index in [1.54, 1.807) is 34.9 Å². The number of nitrogens with zero attached hydrogens (tertiary/aromatic N) is 2. The van der Waals surface area contributed by atoms with Gasteiger partial charge in [-0.3, -0.25) is 9.59 Å². The smallest absolute Gasteiger partial charge is 0.274 e. The van der Waals surface area contributed by atoms with Crippen LogP contribution in [-0.4, -0.2) is 30.7 Å². The van der Waals surface area contributed by atoms with E-state index in [2.05, 4.69) is 0 Å². The number of carbonyl (C=O) groups is 1. The Morgan fingerprint density at radius 3 is 2.83 bits per heavy atom. The molecule has 5 heteroatoms. The monoisotopic (exact) mass is 250 g/mol. The number of amides is 1. The van der Waals surface area contributed by atoms with Crippen molar-refractivity contribution in [1.82, 2.24) is 4.57 Å². The number of pyridine rings is 1. The van der Waals surface area contributed by atoms with Crippen LogP contribution in [0, 0.1) is 5.92 Å². The maximum Gasteiger partial charge on any atom is 0.274 e. The first-order valence-electron chi connectivity index (χ1n) is 6.12. The summed E-state index contributed by atoms with van der Waals surface area (Å²) in [4.78, 5) is 25.6. The number of rotatable bonds is 4. The molecule has 98 valence electrons. The van der Waals surface area contributed by atoms with E-state index < -0.39 is 0 Å². The fourth-order valence-electron chi connectivity index (χ4n) is 2.21. The minimum Gasteiger partial charge on any atom is -0.383 e. The minimum atomic E-state index is -0.128. The summed E-state index contributed by atoms with van der Waals surface area (Å²) in [7, 11) is 1.60. The number of methoxy groups -OCH3 is 1. The Balaban J connectivity index is 2.29. The fraction of sp³-hybridized carbons (Fsp3) is 0.538. The van der Waals surface area contributed by atoms with Crippen LogP contribution < -0.4 is 10.5 Å². The normalized spacial score (nSPS) is 19.6. The van der Waals surface area contributed by atoms with Crippen molar-refractivity contribution in [3.8, 4) is 0 Å². The average molecular weight is 250 g/mol. The first-order valence-corrected chi connectivity index (χ1v) is 6.12. The van der Waals surface area contributed by atoms with Crippen molar-refractivity contribution >= 4 is 11.6 Å². The lowest BCUT2D eigenvalue weighted by molar-refractivity contribution is -0.117.